The van der Waals surface area contributed by atoms with Gasteiger partial charge in [-0.1, -0.05) is 5.21 Å². The summed E-state index contributed by atoms with van der Waals surface area (Å²) in [6.07, 6.45) is -0.134. The van der Waals surface area contributed by atoms with Crippen LogP contribution >= 0.6 is 12.2 Å². The molecule has 1 unspecified atom stereocenters. The van der Waals surface area contributed by atoms with Crippen molar-refractivity contribution in [2.75, 3.05) is 45.3 Å². The molecule has 1 aromatic carbocycles. The Bertz CT molecular complexity index is 1140. The van der Waals surface area contributed by atoms with Gasteiger partial charge in [0.1, 0.15) is 11.4 Å². The second kappa shape index (κ2) is 12.4. The largest absolute Gasteiger partial charge is 0.474 e. The second-order valence-electron chi connectivity index (χ2n) is 8.91. The highest BCUT2D eigenvalue weighted by molar-refractivity contribution is 7.80. The van der Waals surface area contributed by atoms with E-state index in [0.29, 0.717) is 5.69 Å². The third kappa shape index (κ3) is 7.55. The number of thiocarbonyl (C=S) groups is 1. The number of esters is 1. The highest BCUT2D eigenvalue weighted by Gasteiger charge is 2.33. The molecule has 0 saturated carbocycles. The van der Waals surface area contributed by atoms with E-state index in [1.54, 1.807) is 0 Å². The van der Waals surface area contributed by atoms with Gasteiger partial charge in [0.05, 0.1) is 39.1 Å². The Hall–Kier alpha value is -3.43. The third-order valence-corrected chi connectivity index (χ3v) is 5.92. The first kappa shape index (κ1) is 29.1. The van der Waals surface area contributed by atoms with Crippen LogP contribution in [-0.4, -0.2) is 94.3 Å². The van der Waals surface area contributed by atoms with Gasteiger partial charge in [0.15, 0.2) is 23.5 Å². The molecule has 12 nitrogen and oxygen atoms in total. The Morgan fingerprint density at radius 1 is 1.16 bits per heavy atom. The molecule has 2 heterocycles. The number of halogens is 2. The number of hydrogen-bond acceptors (Lipinski definition) is 10. The molecule has 1 saturated heterocycles. The molecule has 0 aliphatic carbocycles. The number of anilines is 1. The number of methoxy groups -OCH3 is 2. The first-order valence-corrected chi connectivity index (χ1v) is 12.1. The number of nitrogens with one attached hydrogen (secondary N) is 1. The van der Waals surface area contributed by atoms with Gasteiger partial charge < -0.3 is 34.4 Å². The number of ether oxygens (including phenoxy) is 3. The van der Waals surface area contributed by atoms with Crippen molar-refractivity contribution in [2.45, 2.75) is 38.7 Å². The van der Waals surface area contributed by atoms with E-state index in [2.05, 4.69) is 20.4 Å². The van der Waals surface area contributed by atoms with Crippen LogP contribution in [0.15, 0.2) is 18.3 Å². The molecule has 3 rings (SSSR count). The Labute approximate surface area is 223 Å². The summed E-state index contributed by atoms with van der Waals surface area (Å²) in [4.78, 5) is 27.7. The summed E-state index contributed by atoms with van der Waals surface area (Å²) in [5, 5.41) is 20.7. The highest BCUT2D eigenvalue weighted by Crippen LogP contribution is 2.28. The molecule has 1 aliphatic heterocycles. The van der Waals surface area contributed by atoms with E-state index in [0.717, 1.165) is 19.2 Å². The normalized spacial score (nSPS) is 14.7. The first-order valence-electron chi connectivity index (χ1n) is 11.6. The number of aromatic nitrogens is 3. The van der Waals surface area contributed by atoms with Crippen LogP contribution in [0.4, 0.5) is 14.5 Å². The summed E-state index contributed by atoms with van der Waals surface area (Å²) in [7, 11) is 2.57. The van der Waals surface area contributed by atoms with Crippen molar-refractivity contribution < 1.29 is 37.7 Å². The van der Waals surface area contributed by atoms with Crippen LogP contribution in [0.3, 0.4) is 0 Å². The molecule has 2 N–H and O–H groups in total. The van der Waals surface area contributed by atoms with Gasteiger partial charge >= 0.3 is 5.97 Å². The van der Waals surface area contributed by atoms with E-state index < -0.39 is 35.4 Å². The van der Waals surface area contributed by atoms with Gasteiger partial charge in [0, 0.05) is 38.3 Å². The molecule has 15 heteroatoms. The number of hydrogen-bond donors (Lipinski definition) is 2. The van der Waals surface area contributed by atoms with Crippen molar-refractivity contribution in [3.05, 3.63) is 35.7 Å². The Morgan fingerprint density at radius 3 is 2.34 bits per heavy atom. The van der Waals surface area contributed by atoms with Gasteiger partial charge in [0.2, 0.25) is 5.91 Å². The molecule has 1 aromatic heterocycles. The summed E-state index contributed by atoms with van der Waals surface area (Å²) in [5.41, 5.74) is 0.412. The lowest BCUT2D eigenvalue weighted by Gasteiger charge is -2.37. The maximum Gasteiger partial charge on any atom is 0.335 e. The number of benzene rings is 1. The fraction of sp³-hybridized carbons (Fsp3) is 0.522. The minimum Gasteiger partial charge on any atom is -0.474 e. The lowest BCUT2D eigenvalue weighted by atomic mass is 10.1. The van der Waals surface area contributed by atoms with Gasteiger partial charge in [-0.05, 0) is 26.1 Å². The smallest absolute Gasteiger partial charge is 0.335 e. The van der Waals surface area contributed by atoms with E-state index in [-0.39, 0.29) is 55.7 Å². The molecule has 0 spiro atoms. The van der Waals surface area contributed by atoms with E-state index in [4.69, 9.17) is 21.7 Å². The standard InChI is InChI=1S/C23H30F2N6O6S/c1-23(2,34)37-18(21(33)35-3)11-19(32)29-5-7-30(8-6-29)20-16(24)9-15(10-17(20)25)31-13-14(27-28-31)12-26-22(38)36-4/h9-10,13,18,34H,5-8,11-12H2,1-4H3,(H,26,38). The van der Waals surface area contributed by atoms with Crippen LogP contribution in [0, 0.1) is 11.6 Å². The summed E-state index contributed by atoms with van der Waals surface area (Å²) in [5.74, 6) is -4.44. The molecule has 1 aliphatic rings. The number of amides is 1. The van der Waals surface area contributed by atoms with Crippen molar-refractivity contribution in [1.29, 1.82) is 0 Å². The Morgan fingerprint density at radius 2 is 1.79 bits per heavy atom. The van der Waals surface area contributed by atoms with E-state index in [1.807, 2.05) is 0 Å². The molecular formula is C23H30F2N6O6S. The van der Waals surface area contributed by atoms with Crippen LogP contribution in [0.25, 0.3) is 5.69 Å². The molecule has 2 aromatic rings. The SMILES string of the molecule is COC(=O)C(CC(=O)N1CCN(c2c(F)cc(-n3cc(CNC(=S)OC)nn3)cc2F)CC1)OC(C)(C)O. The van der Waals surface area contributed by atoms with Gasteiger partial charge in [0.25, 0.3) is 5.17 Å². The highest BCUT2D eigenvalue weighted by atomic mass is 32.1. The van der Waals surface area contributed by atoms with Gasteiger partial charge in [-0.2, -0.15) is 0 Å². The third-order valence-electron chi connectivity index (χ3n) is 5.61. The number of aliphatic hydroxyl groups is 1. The summed E-state index contributed by atoms with van der Waals surface area (Å²) < 4.78 is 46.1. The molecule has 208 valence electrons. The van der Waals surface area contributed by atoms with Crippen molar-refractivity contribution in [2.24, 2.45) is 0 Å². The summed E-state index contributed by atoms with van der Waals surface area (Å²) in [6, 6.07) is 2.30. The molecule has 0 bridgehead atoms. The van der Waals surface area contributed by atoms with Gasteiger partial charge in [-0.15, -0.1) is 5.10 Å². The van der Waals surface area contributed by atoms with E-state index >= 15 is 8.78 Å². The van der Waals surface area contributed by atoms with Crippen molar-refractivity contribution in [3.63, 3.8) is 0 Å². The number of piperazine rings is 1. The Kier molecular flexibility index (Phi) is 9.51. The van der Waals surface area contributed by atoms with Crippen LogP contribution in [0.1, 0.15) is 26.0 Å². The van der Waals surface area contributed by atoms with Crippen LogP contribution < -0.4 is 10.2 Å². The van der Waals surface area contributed by atoms with E-state index in [9.17, 15) is 14.7 Å². The minimum absolute atomic E-state index is 0.145. The monoisotopic (exact) mass is 556 g/mol. The fourth-order valence-corrected chi connectivity index (χ4v) is 3.92. The molecule has 1 fully saturated rings. The van der Waals surface area contributed by atoms with E-state index in [1.165, 1.54) is 41.6 Å². The van der Waals surface area contributed by atoms with Crippen LogP contribution in [0.2, 0.25) is 0 Å². The zero-order valence-electron chi connectivity index (χ0n) is 21.4. The number of carbonyl (C=O) groups excluding carboxylic acids is 2. The quantitative estimate of drug-likeness (QED) is 0.259. The number of rotatable bonds is 9. The molecule has 0 radical (unpaired) electrons. The second-order valence-corrected chi connectivity index (χ2v) is 9.28. The predicted molar refractivity (Wildman–Crippen MR) is 134 cm³/mol. The molecule has 1 atom stereocenters. The summed E-state index contributed by atoms with van der Waals surface area (Å²) in [6.45, 7) is 3.54. The molecule has 38 heavy (non-hydrogen) atoms. The summed E-state index contributed by atoms with van der Waals surface area (Å²) >= 11 is 4.89. The Balaban J connectivity index is 1.64. The van der Waals surface area contributed by atoms with Crippen LogP contribution in [-0.2, 0) is 30.3 Å². The van der Waals surface area contributed by atoms with Gasteiger partial charge in [-0.25, -0.2) is 18.3 Å². The fourth-order valence-electron chi connectivity index (χ4n) is 3.85. The molecular weight excluding hydrogens is 526 g/mol. The first-order chi connectivity index (χ1) is 17.9. The number of nitrogens with zero attached hydrogens (tertiary/aromatic N) is 5. The average Bonchev–Trinajstić information content (AvgIpc) is 3.34. The lowest BCUT2D eigenvalue weighted by molar-refractivity contribution is -0.217. The maximum absolute atomic E-state index is 15.0. The lowest BCUT2D eigenvalue weighted by Crippen LogP contribution is -2.50. The average molecular weight is 557 g/mol. The van der Waals surface area contributed by atoms with Crippen molar-refractivity contribution >= 4 is 35.0 Å². The molecule has 1 amide bonds. The van der Waals surface area contributed by atoms with Crippen LogP contribution in [0.5, 0.6) is 0 Å². The zero-order valence-corrected chi connectivity index (χ0v) is 22.3. The predicted octanol–water partition coefficient (Wildman–Crippen LogP) is 0.892. The topological polar surface area (TPSA) is 131 Å². The number of carbonyl (C=O) groups is 2. The van der Waals surface area contributed by atoms with Crippen molar-refractivity contribution in [1.82, 2.24) is 25.2 Å². The van der Waals surface area contributed by atoms with Crippen molar-refractivity contribution in [3.8, 4) is 5.69 Å². The zero-order chi connectivity index (χ0) is 28.0. The maximum atomic E-state index is 15.0. The van der Waals surface area contributed by atoms with Gasteiger partial charge in [-0.3, -0.25) is 4.79 Å². The minimum atomic E-state index is -1.65.